The molecule has 2 amide bonds. The Hall–Kier alpha value is -4.46. The third kappa shape index (κ3) is 6.32. The third-order valence-corrected chi connectivity index (χ3v) is 5.43. The molecule has 2 aromatic carbocycles. The highest BCUT2D eigenvalue weighted by molar-refractivity contribution is 6.04. The van der Waals surface area contributed by atoms with Crippen molar-refractivity contribution in [3.63, 3.8) is 0 Å². The fourth-order valence-corrected chi connectivity index (χ4v) is 3.47. The van der Waals surface area contributed by atoms with Crippen LogP contribution in [0.1, 0.15) is 33.8 Å². The van der Waals surface area contributed by atoms with Gasteiger partial charge in [-0.2, -0.15) is 0 Å². The van der Waals surface area contributed by atoms with E-state index in [-0.39, 0.29) is 18.4 Å². The monoisotopic (exact) mass is 470 g/mol. The number of hydrogen-bond donors (Lipinski definition) is 2. The van der Waals surface area contributed by atoms with Crippen LogP contribution >= 0.6 is 0 Å². The van der Waals surface area contributed by atoms with Crippen molar-refractivity contribution >= 4 is 17.5 Å². The first-order valence-corrected chi connectivity index (χ1v) is 11.2. The van der Waals surface area contributed by atoms with Gasteiger partial charge in [0.25, 0.3) is 5.91 Å². The molecule has 0 saturated heterocycles. The average Bonchev–Trinajstić information content (AvgIpc) is 3.27. The summed E-state index contributed by atoms with van der Waals surface area (Å²) in [4.78, 5) is 33.1. The van der Waals surface area contributed by atoms with Gasteiger partial charge in [0.15, 0.2) is 0 Å². The molecule has 2 aromatic heterocycles. The maximum Gasteiger partial charge on any atom is 0.257 e. The number of rotatable bonds is 9. The molecular weight excluding hydrogens is 444 g/mol. The molecule has 0 spiro atoms. The Labute approximate surface area is 203 Å². The first kappa shape index (κ1) is 23.7. The number of benzene rings is 2. The van der Waals surface area contributed by atoms with E-state index in [2.05, 4.69) is 20.6 Å². The summed E-state index contributed by atoms with van der Waals surface area (Å²) in [5, 5.41) is 5.74. The fraction of sp³-hybridized carbons (Fsp3) is 0.185. The number of anilines is 1. The van der Waals surface area contributed by atoms with Crippen molar-refractivity contribution in [2.75, 3.05) is 12.4 Å². The number of hydrogen-bond acceptors (Lipinski definition) is 6. The van der Waals surface area contributed by atoms with Crippen LogP contribution in [0.4, 0.5) is 5.69 Å². The molecule has 4 aromatic rings. The van der Waals surface area contributed by atoms with Crippen molar-refractivity contribution in [2.24, 2.45) is 0 Å². The zero-order valence-electron chi connectivity index (χ0n) is 19.6. The molecule has 2 N–H and O–H groups in total. The van der Waals surface area contributed by atoms with Gasteiger partial charge in [0, 0.05) is 30.1 Å². The van der Waals surface area contributed by atoms with Crippen molar-refractivity contribution in [3.8, 4) is 17.2 Å². The lowest BCUT2D eigenvalue weighted by Gasteiger charge is -2.06. The van der Waals surface area contributed by atoms with E-state index < -0.39 is 0 Å². The van der Waals surface area contributed by atoms with Crippen LogP contribution in [-0.4, -0.2) is 28.9 Å². The number of oxazole rings is 1. The summed E-state index contributed by atoms with van der Waals surface area (Å²) in [6.45, 7) is 2.10. The van der Waals surface area contributed by atoms with E-state index >= 15 is 0 Å². The highest BCUT2D eigenvalue weighted by Crippen LogP contribution is 2.24. The number of carbonyl (C=O) groups excluding carboxylic acids is 2. The summed E-state index contributed by atoms with van der Waals surface area (Å²) in [5.74, 6) is 1.57. The normalized spacial score (nSPS) is 10.6. The lowest BCUT2D eigenvalue weighted by atomic mass is 10.1. The molecule has 2 heterocycles. The molecular formula is C27H26N4O4. The summed E-state index contributed by atoms with van der Waals surface area (Å²) in [6, 6.07) is 18.3. The summed E-state index contributed by atoms with van der Waals surface area (Å²) >= 11 is 0. The summed E-state index contributed by atoms with van der Waals surface area (Å²) in [5.41, 5.74) is 3.61. The number of pyridine rings is 1. The second kappa shape index (κ2) is 11.1. The maximum atomic E-state index is 12.3. The molecule has 35 heavy (non-hydrogen) atoms. The molecule has 0 unspecified atom stereocenters. The Bertz CT molecular complexity index is 1300. The van der Waals surface area contributed by atoms with Gasteiger partial charge in [-0.05, 0) is 67.4 Å². The van der Waals surface area contributed by atoms with Crippen LogP contribution in [0.2, 0.25) is 0 Å². The van der Waals surface area contributed by atoms with Crippen molar-refractivity contribution in [1.29, 1.82) is 0 Å². The minimum Gasteiger partial charge on any atom is -0.497 e. The number of amides is 2. The first-order valence-electron chi connectivity index (χ1n) is 11.2. The predicted molar refractivity (Wildman–Crippen MR) is 132 cm³/mol. The van der Waals surface area contributed by atoms with Gasteiger partial charge in [-0.3, -0.25) is 14.6 Å². The quantitative estimate of drug-likeness (QED) is 0.372. The van der Waals surface area contributed by atoms with Crippen LogP contribution < -0.4 is 15.4 Å². The molecule has 0 radical (unpaired) electrons. The van der Waals surface area contributed by atoms with E-state index in [0.29, 0.717) is 41.4 Å². The van der Waals surface area contributed by atoms with Crippen LogP contribution in [0.15, 0.2) is 77.5 Å². The summed E-state index contributed by atoms with van der Waals surface area (Å²) in [7, 11) is 1.62. The second-order valence-corrected chi connectivity index (χ2v) is 7.92. The molecule has 0 aliphatic rings. The van der Waals surface area contributed by atoms with Crippen LogP contribution in [0.25, 0.3) is 11.5 Å². The zero-order chi connectivity index (χ0) is 24.6. The minimum absolute atomic E-state index is 0.0644. The molecule has 8 heteroatoms. The van der Waals surface area contributed by atoms with Crippen molar-refractivity contribution in [2.45, 2.75) is 26.3 Å². The first-order chi connectivity index (χ1) is 17.0. The SMILES string of the molecule is COc1cccc(CCC(=O)NCc2nc(-c3ccc(NC(=O)c4cccnc4)cc3)oc2C)c1. The Morgan fingerprint density at radius 1 is 1.06 bits per heavy atom. The number of aryl methyl sites for hydroxylation is 2. The van der Waals surface area contributed by atoms with Gasteiger partial charge >= 0.3 is 0 Å². The van der Waals surface area contributed by atoms with Crippen molar-refractivity contribution in [3.05, 3.63) is 95.6 Å². The topological polar surface area (TPSA) is 106 Å². The molecule has 0 aliphatic heterocycles. The molecule has 0 atom stereocenters. The van der Waals surface area contributed by atoms with Crippen molar-refractivity contribution < 1.29 is 18.7 Å². The number of aromatic nitrogens is 2. The molecule has 8 nitrogen and oxygen atoms in total. The van der Waals surface area contributed by atoms with E-state index in [9.17, 15) is 9.59 Å². The van der Waals surface area contributed by atoms with E-state index in [1.54, 1.807) is 37.6 Å². The van der Waals surface area contributed by atoms with E-state index in [0.717, 1.165) is 16.9 Å². The maximum absolute atomic E-state index is 12.3. The van der Waals surface area contributed by atoms with Gasteiger partial charge in [0.2, 0.25) is 11.8 Å². The Kier molecular flexibility index (Phi) is 7.52. The van der Waals surface area contributed by atoms with Crippen LogP contribution in [-0.2, 0) is 17.8 Å². The molecule has 0 fully saturated rings. The third-order valence-electron chi connectivity index (χ3n) is 5.43. The lowest BCUT2D eigenvalue weighted by molar-refractivity contribution is -0.121. The summed E-state index contributed by atoms with van der Waals surface area (Å²) in [6.07, 6.45) is 4.11. The van der Waals surface area contributed by atoms with E-state index in [1.165, 1.54) is 6.20 Å². The largest absolute Gasteiger partial charge is 0.497 e. The van der Waals surface area contributed by atoms with Gasteiger partial charge in [-0.1, -0.05) is 12.1 Å². The standard InChI is InChI=1S/C27H26N4O4/c1-18-24(17-29-25(32)13-8-19-5-3-7-23(15-19)34-2)31-27(35-18)20-9-11-22(12-10-20)30-26(33)21-6-4-14-28-16-21/h3-7,9-12,14-16H,8,13,17H2,1-2H3,(H,29,32)(H,30,33). The number of carbonyl (C=O) groups is 2. The Balaban J connectivity index is 1.31. The Morgan fingerprint density at radius 2 is 1.89 bits per heavy atom. The van der Waals surface area contributed by atoms with Gasteiger partial charge in [-0.15, -0.1) is 0 Å². The fourth-order valence-electron chi connectivity index (χ4n) is 3.47. The van der Waals surface area contributed by atoms with Gasteiger partial charge in [0.1, 0.15) is 17.2 Å². The average molecular weight is 471 g/mol. The highest BCUT2D eigenvalue weighted by atomic mass is 16.5. The summed E-state index contributed by atoms with van der Waals surface area (Å²) < 4.78 is 11.0. The number of ether oxygens (including phenoxy) is 1. The van der Waals surface area contributed by atoms with Crippen LogP contribution in [0, 0.1) is 6.92 Å². The van der Waals surface area contributed by atoms with Crippen LogP contribution in [0.5, 0.6) is 5.75 Å². The number of nitrogens with one attached hydrogen (secondary N) is 2. The second-order valence-electron chi connectivity index (χ2n) is 7.92. The minimum atomic E-state index is -0.234. The molecule has 0 bridgehead atoms. The lowest BCUT2D eigenvalue weighted by Crippen LogP contribution is -2.23. The molecule has 4 rings (SSSR count). The van der Waals surface area contributed by atoms with Crippen LogP contribution in [0.3, 0.4) is 0 Å². The molecule has 178 valence electrons. The number of methoxy groups -OCH3 is 1. The smallest absolute Gasteiger partial charge is 0.257 e. The zero-order valence-corrected chi connectivity index (χ0v) is 19.6. The highest BCUT2D eigenvalue weighted by Gasteiger charge is 2.13. The number of nitrogens with zero attached hydrogens (tertiary/aromatic N) is 2. The van der Waals surface area contributed by atoms with E-state index in [4.69, 9.17) is 9.15 Å². The molecule has 0 saturated carbocycles. The molecule has 0 aliphatic carbocycles. The van der Waals surface area contributed by atoms with E-state index in [1.807, 2.05) is 43.3 Å². The van der Waals surface area contributed by atoms with Crippen molar-refractivity contribution in [1.82, 2.24) is 15.3 Å². The van der Waals surface area contributed by atoms with Gasteiger partial charge in [0.05, 0.1) is 19.2 Å². The predicted octanol–water partition coefficient (Wildman–Crippen LogP) is 4.55. The van der Waals surface area contributed by atoms with Gasteiger partial charge in [-0.25, -0.2) is 4.98 Å². The van der Waals surface area contributed by atoms with Gasteiger partial charge < -0.3 is 19.8 Å². The Morgan fingerprint density at radius 3 is 2.63 bits per heavy atom.